The van der Waals surface area contributed by atoms with Gasteiger partial charge in [0.1, 0.15) is 5.82 Å². The Labute approximate surface area is 111 Å². The Morgan fingerprint density at radius 3 is 2.68 bits per heavy atom. The third-order valence-electron chi connectivity index (χ3n) is 3.24. The molecule has 1 aromatic carbocycles. The molecule has 0 spiro atoms. The SMILES string of the molecule is CCC(N)c1nc2ncccc2n1-c1ccccc1. The Kier molecular flexibility index (Phi) is 3.01. The molecule has 0 saturated carbocycles. The molecule has 0 aliphatic heterocycles. The van der Waals surface area contributed by atoms with Crippen molar-refractivity contribution in [1.29, 1.82) is 0 Å². The quantitative estimate of drug-likeness (QED) is 0.779. The third-order valence-corrected chi connectivity index (χ3v) is 3.24. The second-order valence-electron chi connectivity index (χ2n) is 4.50. The van der Waals surface area contributed by atoms with Gasteiger partial charge in [0.05, 0.1) is 11.6 Å². The van der Waals surface area contributed by atoms with Crippen LogP contribution in [0.1, 0.15) is 25.2 Å². The van der Waals surface area contributed by atoms with Crippen LogP contribution in [0.25, 0.3) is 16.9 Å². The molecule has 1 unspecified atom stereocenters. The second-order valence-corrected chi connectivity index (χ2v) is 4.50. The summed E-state index contributed by atoms with van der Waals surface area (Å²) < 4.78 is 2.09. The highest BCUT2D eigenvalue weighted by atomic mass is 15.1. The van der Waals surface area contributed by atoms with E-state index >= 15 is 0 Å². The van der Waals surface area contributed by atoms with Crippen LogP contribution in [0.4, 0.5) is 0 Å². The Morgan fingerprint density at radius 2 is 1.95 bits per heavy atom. The summed E-state index contributed by atoms with van der Waals surface area (Å²) in [7, 11) is 0. The number of hydrogen-bond donors (Lipinski definition) is 1. The van der Waals surface area contributed by atoms with Gasteiger partial charge in [0.25, 0.3) is 0 Å². The molecule has 4 heteroatoms. The molecule has 1 atom stereocenters. The Hall–Kier alpha value is -2.20. The van der Waals surface area contributed by atoms with E-state index in [1.165, 1.54) is 0 Å². The van der Waals surface area contributed by atoms with Crippen molar-refractivity contribution >= 4 is 11.2 Å². The molecule has 0 radical (unpaired) electrons. The van der Waals surface area contributed by atoms with Crippen LogP contribution in [0.3, 0.4) is 0 Å². The van der Waals surface area contributed by atoms with Crippen molar-refractivity contribution in [2.24, 2.45) is 5.73 Å². The number of pyridine rings is 1. The fourth-order valence-corrected chi connectivity index (χ4v) is 2.21. The molecule has 0 saturated heterocycles. The number of aromatic nitrogens is 3. The lowest BCUT2D eigenvalue weighted by Gasteiger charge is -2.12. The van der Waals surface area contributed by atoms with E-state index in [0.717, 1.165) is 29.1 Å². The van der Waals surface area contributed by atoms with Gasteiger partial charge in [-0.3, -0.25) is 4.57 Å². The predicted molar refractivity (Wildman–Crippen MR) is 76.1 cm³/mol. The molecule has 0 amide bonds. The highest BCUT2D eigenvalue weighted by Gasteiger charge is 2.17. The number of imidazole rings is 1. The van der Waals surface area contributed by atoms with Crippen LogP contribution < -0.4 is 5.73 Å². The van der Waals surface area contributed by atoms with Crippen molar-refractivity contribution in [2.75, 3.05) is 0 Å². The standard InChI is InChI=1S/C15H16N4/c1-2-12(16)15-18-14-13(9-6-10-17-14)19(15)11-7-4-3-5-8-11/h3-10,12H,2,16H2,1H3. The molecule has 0 aliphatic rings. The van der Waals surface area contributed by atoms with Gasteiger partial charge < -0.3 is 5.73 Å². The maximum atomic E-state index is 6.19. The Bertz CT molecular complexity index is 688. The number of benzene rings is 1. The van der Waals surface area contributed by atoms with Gasteiger partial charge >= 0.3 is 0 Å². The highest BCUT2D eigenvalue weighted by molar-refractivity contribution is 5.74. The first-order valence-corrected chi connectivity index (χ1v) is 6.45. The van der Waals surface area contributed by atoms with Gasteiger partial charge in [0.15, 0.2) is 5.65 Å². The van der Waals surface area contributed by atoms with Crippen LogP contribution in [0.15, 0.2) is 48.7 Å². The lowest BCUT2D eigenvalue weighted by atomic mass is 10.2. The minimum atomic E-state index is -0.0885. The summed E-state index contributed by atoms with van der Waals surface area (Å²) in [5.74, 6) is 0.863. The fourth-order valence-electron chi connectivity index (χ4n) is 2.21. The van der Waals surface area contributed by atoms with Crippen molar-refractivity contribution in [3.8, 4) is 5.69 Å². The van der Waals surface area contributed by atoms with Crippen molar-refractivity contribution in [2.45, 2.75) is 19.4 Å². The summed E-state index contributed by atoms with van der Waals surface area (Å²) in [5.41, 5.74) is 8.99. The highest BCUT2D eigenvalue weighted by Crippen LogP contribution is 2.24. The molecule has 2 aromatic heterocycles. The number of rotatable bonds is 3. The summed E-state index contributed by atoms with van der Waals surface area (Å²) >= 11 is 0. The third kappa shape index (κ3) is 2.00. The van der Waals surface area contributed by atoms with E-state index < -0.39 is 0 Å². The van der Waals surface area contributed by atoms with E-state index in [-0.39, 0.29) is 6.04 Å². The van der Waals surface area contributed by atoms with E-state index in [4.69, 9.17) is 5.73 Å². The van der Waals surface area contributed by atoms with Crippen molar-refractivity contribution in [3.05, 3.63) is 54.5 Å². The van der Waals surface area contributed by atoms with Crippen LogP contribution in [0.2, 0.25) is 0 Å². The molecule has 0 aliphatic carbocycles. The Balaban J connectivity index is 2.31. The maximum absolute atomic E-state index is 6.19. The lowest BCUT2D eigenvalue weighted by molar-refractivity contribution is 0.641. The molecule has 3 rings (SSSR count). The number of fused-ring (bicyclic) bond motifs is 1. The first kappa shape index (κ1) is 11.9. The molecule has 0 fully saturated rings. The van der Waals surface area contributed by atoms with Gasteiger partial charge in [-0.15, -0.1) is 0 Å². The molecular formula is C15H16N4. The summed E-state index contributed by atoms with van der Waals surface area (Å²) in [6.45, 7) is 2.06. The first-order chi connectivity index (χ1) is 9.31. The van der Waals surface area contributed by atoms with Crippen LogP contribution >= 0.6 is 0 Å². The summed E-state index contributed by atoms with van der Waals surface area (Å²) in [5, 5.41) is 0. The van der Waals surface area contributed by atoms with Gasteiger partial charge in [0.2, 0.25) is 0 Å². The lowest BCUT2D eigenvalue weighted by Crippen LogP contribution is -2.15. The maximum Gasteiger partial charge on any atom is 0.178 e. The van der Waals surface area contributed by atoms with Gasteiger partial charge in [-0.05, 0) is 30.7 Å². The van der Waals surface area contributed by atoms with Crippen LogP contribution in [-0.2, 0) is 0 Å². The monoisotopic (exact) mass is 252 g/mol. The molecule has 19 heavy (non-hydrogen) atoms. The summed E-state index contributed by atoms with van der Waals surface area (Å²) in [4.78, 5) is 8.90. The number of hydrogen-bond acceptors (Lipinski definition) is 3. The topological polar surface area (TPSA) is 56.7 Å². The molecule has 4 nitrogen and oxygen atoms in total. The Morgan fingerprint density at radius 1 is 1.16 bits per heavy atom. The zero-order chi connectivity index (χ0) is 13.2. The minimum Gasteiger partial charge on any atom is -0.321 e. The van der Waals surface area contributed by atoms with Crippen LogP contribution in [0, 0.1) is 0 Å². The van der Waals surface area contributed by atoms with Crippen molar-refractivity contribution in [3.63, 3.8) is 0 Å². The van der Waals surface area contributed by atoms with E-state index in [9.17, 15) is 0 Å². The molecule has 3 aromatic rings. The molecule has 2 heterocycles. The fraction of sp³-hybridized carbons (Fsp3) is 0.200. The predicted octanol–water partition coefficient (Wildman–Crippen LogP) is 2.83. The molecule has 96 valence electrons. The molecule has 2 N–H and O–H groups in total. The smallest absolute Gasteiger partial charge is 0.178 e. The van der Waals surface area contributed by atoms with Gasteiger partial charge in [-0.25, -0.2) is 9.97 Å². The summed E-state index contributed by atoms with van der Waals surface area (Å²) in [6.07, 6.45) is 2.60. The minimum absolute atomic E-state index is 0.0885. The van der Waals surface area contributed by atoms with E-state index in [1.807, 2.05) is 30.3 Å². The second kappa shape index (κ2) is 4.82. The number of para-hydroxylation sites is 1. The van der Waals surface area contributed by atoms with Crippen LogP contribution in [-0.4, -0.2) is 14.5 Å². The molecular weight excluding hydrogens is 236 g/mol. The number of nitrogens with zero attached hydrogens (tertiary/aromatic N) is 3. The van der Waals surface area contributed by atoms with Gasteiger partial charge in [-0.1, -0.05) is 25.1 Å². The first-order valence-electron chi connectivity index (χ1n) is 6.45. The van der Waals surface area contributed by atoms with E-state index in [2.05, 4.69) is 33.6 Å². The molecule has 0 bridgehead atoms. The van der Waals surface area contributed by atoms with E-state index in [0.29, 0.717) is 0 Å². The van der Waals surface area contributed by atoms with E-state index in [1.54, 1.807) is 6.20 Å². The van der Waals surface area contributed by atoms with Crippen molar-refractivity contribution < 1.29 is 0 Å². The average Bonchev–Trinajstić information content (AvgIpc) is 2.86. The zero-order valence-corrected chi connectivity index (χ0v) is 10.8. The van der Waals surface area contributed by atoms with Gasteiger partial charge in [-0.2, -0.15) is 0 Å². The van der Waals surface area contributed by atoms with Crippen molar-refractivity contribution in [1.82, 2.24) is 14.5 Å². The average molecular weight is 252 g/mol. The zero-order valence-electron chi connectivity index (χ0n) is 10.8. The van der Waals surface area contributed by atoms with Gasteiger partial charge in [0, 0.05) is 11.9 Å². The van der Waals surface area contributed by atoms with Crippen LogP contribution in [0.5, 0.6) is 0 Å². The largest absolute Gasteiger partial charge is 0.321 e. The summed E-state index contributed by atoms with van der Waals surface area (Å²) in [6, 6.07) is 14.0. The normalized spacial score (nSPS) is 12.7. The number of nitrogens with two attached hydrogens (primary N) is 1.